The van der Waals surface area contributed by atoms with E-state index in [9.17, 15) is 19.1 Å². The zero-order valence-corrected chi connectivity index (χ0v) is 16.4. The van der Waals surface area contributed by atoms with Crippen molar-refractivity contribution in [1.82, 2.24) is 10.2 Å². The second-order valence-corrected chi connectivity index (χ2v) is 7.64. The maximum Gasteiger partial charge on any atom is 0.340 e. The molecule has 2 aromatic carbocycles. The molecule has 0 bridgehead atoms. The molecule has 29 heavy (non-hydrogen) atoms. The summed E-state index contributed by atoms with van der Waals surface area (Å²) in [4.78, 5) is 23.2. The van der Waals surface area contributed by atoms with E-state index in [-0.39, 0.29) is 23.0 Å². The van der Waals surface area contributed by atoms with Crippen LogP contribution in [0.25, 0.3) is 11.5 Å². The van der Waals surface area contributed by atoms with Gasteiger partial charge in [-0.05, 0) is 31.2 Å². The zero-order chi connectivity index (χ0) is 21.0. The van der Waals surface area contributed by atoms with Gasteiger partial charge in [0.05, 0.1) is 26.2 Å². The lowest BCUT2D eigenvalue weighted by Gasteiger charge is -2.11. The van der Waals surface area contributed by atoms with Crippen molar-refractivity contribution in [1.29, 1.82) is 0 Å². The minimum Gasteiger partial charge on any atom is -0.449 e. The molecule has 1 heterocycles. The lowest BCUT2D eigenvalue weighted by molar-refractivity contribution is -0.384. The van der Waals surface area contributed by atoms with Gasteiger partial charge in [0.25, 0.3) is 11.6 Å². The van der Waals surface area contributed by atoms with Crippen LogP contribution in [0.1, 0.15) is 36.2 Å². The second-order valence-electron chi connectivity index (χ2n) is 5.93. The van der Waals surface area contributed by atoms with Crippen LogP contribution in [0.15, 0.2) is 57.8 Å². The molecule has 9 nitrogen and oxygen atoms in total. The van der Waals surface area contributed by atoms with Gasteiger partial charge in [-0.3, -0.25) is 14.3 Å². The molecule has 0 saturated heterocycles. The Bertz CT molecular complexity index is 1060. The number of nitrogens with zero attached hydrogens (tertiary/aromatic N) is 3. The number of non-ortho nitro benzene ring substituents is 1. The summed E-state index contributed by atoms with van der Waals surface area (Å²) in [5, 5.41) is 18.5. The smallest absolute Gasteiger partial charge is 0.340 e. The molecule has 0 aliphatic heterocycles. The van der Waals surface area contributed by atoms with E-state index in [0.29, 0.717) is 16.2 Å². The van der Waals surface area contributed by atoms with Crippen molar-refractivity contribution in [2.75, 3.05) is 5.75 Å². The Morgan fingerprint density at radius 1 is 1.21 bits per heavy atom. The molecule has 3 rings (SSSR count). The average molecular weight is 415 g/mol. The summed E-state index contributed by atoms with van der Waals surface area (Å²) in [6, 6.07) is 12.2. The van der Waals surface area contributed by atoms with E-state index >= 15 is 0 Å². The molecule has 0 aliphatic carbocycles. The molecule has 150 valence electrons. The second kappa shape index (κ2) is 8.74. The first-order chi connectivity index (χ1) is 13.9. The maximum atomic E-state index is 12.5. The van der Waals surface area contributed by atoms with Crippen LogP contribution in [-0.4, -0.2) is 31.1 Å². The third-order valence-electron chi connectivity index (χ3n) is 4.01. The van der Waals surface area contributed by atoms with Crippen molar-refractivity contribution in [2.24, 2.45) is 0 Å². The highest BCUT2D eigenvalue weighted by molar-refractivity contribution is 7.85. The average Bonchev–Trinajstić information content (AvgIpc) is 3.23. The van der Waals surface area contributed by atoms with Crippen molar-refractivity contribution >= 4 is 22.5 Å². The fourth-order valence-corrected chi connectivity index (χ4v) is 3.44. The summed E-state index contributed by atoms with van der Waals surface area (Å²) >= 11 is 0. The molecule has 3 aromatic rings. The van der Waals surface area contributed by atoms with Gasteiger partial charge in [0.1, 0.15) is 0 Å². The quantitative estimate of drug-likeness (QED) is 0.325. The lowest BCUT2D eigenvalue weighted by Crippen LogP contribution is -2.12. The molecule has 10 heteroatoms. The minimum absolute atomic E-state index is 0.0566. The predicted molar refractivity (Wildman–Crippen MR) is 104 cm³/mol. The summed E-state index contributed by atoms with van der Waals surface area (Å²) < 4.78 is 23.1. The van der Waals surface area contributed by atoms with E-state index in [1.165, 1.54) is 24.3 Å². The number of aromatic nitrogens is 2. The molecule has 0 radical (unpaired) electrons. The molecule has 0 spiro atoms. The van der Waals surface area contributed by atoms with Crippen LogP contribution in [-0.2, 0) is 15.5 Å². The first-order valence-corrected chi connectivity index (χ1v) is 9.99. The first-order valence-electron chi connectivity index (χ1n) is 8.67. The number of hydrogen-bond donors (Lipinski definition) is 0. The van der Waals surface area contributed by atoms with Crippen LogP contribution < -0.4 is 0 Å². The highest BCUT2D eigenvalue weighted by atomic mass is 32.2. The summed E-state index contributed by atoms with van der Waals surface area (Å²) in [6.07, 6.45) is -0.843. The van der Waals surface area contributed by atoms with Crippen molar-refractivity contribution in [3.05, 3.63) is 70.1 Å². The molecular formula is C19H17N3O6S. The van der Waals surface area contributed by atoms with Crippen LogP contribution in [0.4, 0.5) is 5.69 Å². The lowest BCUT2D eigenvalue weighted by atomic mass is 10.2. The third-order valence-corrected chi connectivity index (χ3v) is 5.38. The highest BCUT2D eigenvalue weighted by Crippen LogP contribution is 2.25. The monoisotopic (exact) mass is 415 g/mol. The largest absolute Gasteiger partial charge is 0.449 e. The van der Waals surface area contributed by atoms with Gasteiger partial charge >= 0.3 is 5.97 Å². The maximum absolute atomic E-state index is 12.5. The number of carbonyl (C=O) groups excluding carboxylic acids is 1. The summed E-state index contributed by atoms with van der Waals surface area (Å²) in [5.74, 6) is -0.0571. The van der Waals surface area contributed by atoms with E-state index in [2.05, 4.69) is 10.2 Å². The van der Waals surface area contributed by atoms with Gasteiger partial charge in [-0.2, -0.15) is 0 Å². The van der Waals surface area contributed by atoms with Crippen molar-refractivity contribution in [3.63, 3.8) is 0 Å². The van der Waals surface area contributed by atoms with Crippen LogP contribution in [0, 0.1) is 10.1 Å². The number of benzene rings is 2. The normalized spacial score (nSPS) is 12.9. The summed E-state index contributed by atoms with van der Waals surface area (Å²) in [7, 11) is -1.31. The number of nitro benzene ring substituents is 1. The Labute approximate surface area is 168 Å². The molecule has 0 saturated carbocycles. The molecule has 0 unspecified atom stereocenters. The van der Waals surface area contributed by atoms with Crippen LogP contribution in [0.5, 0.6) is 0 Å². The summed E-state index contributed by atoms with van der Waals surface area (Å²) in [6.45, 7) is 3.34. The van der Waals surface area contributed by atoms with E-state index in [1.54, 1.807) is 38.1 Å². The van der Waals surface area contributed by atoms with Gasteiger partial charge in [0.15, 0.2) is 6.10 Å². The van der Waals surface area contributed by atoms with Gasteiger partial charge in [0.2, 0.25) is 5.89 Å². The van der Waals surface area contributed by atoms with Crippen molar-refractivity contribution in [3.8, 4) is 11.5 Å². The van der Waals surface area contributed by atoms with Crippen LogP contribution in [0.2, 0.25) is 0 Å². The van der Waals surface area contributed by atoms with Crippen molar-refractivity contribution in [2.45, 2.75) is 24.8 Å². The van der Waals surface area contributed by atoms with Crippen molar-refractivity contribution < 1.29 is 23.1 Å². The highest BCUT2D eigenvalue weighted by Gasteiger charge is 2.23. The van der Waals surface area contributed by atoms with E-state index in [1.807, 2.05) is 0 Å². The minimum atomic E-state index is -1.31. The molecule has 0 N–H and O–H groups in total. The molecule has 0 fully saturated rings. The standard InChI is InChI=1S/C19H17N3O6S/c1-3-29(26)16-7-5-4-6-15(16)19(23)27-12(2)17-20-21-18(28-17)13-8-10-14(11-9-13)22(24)25/h4-12H,3H2,1-2H3/t12-,29+/m0/s1. The molecular weight excluding hydrogens is 398 g/mol. The first kappa shape index (κ1) is 20.3. The Morgan fingerprint density at radius 3 is 2.55 bits per heavy atom. The number of esters is 1. The fourth-order valence-electron chi connectivity index (χ4n) is 2.50. The Hall–Kier alpha value is -3.40. The fraction of sp³-hybridized carbons (Fsp3) is 0.211. The zero-order valence-electron chi connectivity index (χ0n) is 15.6. The number of carbonyl (C=O) groups is 1. The van der Waals surface area contributed by atoms with Gasteiger partial charge in [-0.25, -0.2) is 4.79 Å². The van der Waals surface area contributed by atoms with E-state index in [4.69, 9.17) is 9.15 Å². The predicted octanol–water partition coefficient (Wildman–Crippen LogP) is 3.69. The third kappa shape index (κ3) is 4.54. The van der Waals surface area contributed by atoms with Gasteiger partial charge in [-0.15, -0.1) is 10.2 Å². The van der Waals surface area contributed by atoms with Gasteiger partial charge < -0.3 is 9.15 Å². The Balaban J connectivity index is 1.75. The molecule has 0 amide bonds. The van der Waals surface area contributed by atoms with E-state index in [0.717, 1.165) is 0 Å². The topological polar surface area (TPSA) is 125 Å². The van der Waals surface area contributed by atoms with Gasteiger partial charge in [-0.1, -0.05) is 19.1 Å². The number of hydrogen-bond acceptors (Lipinski definition) is 8. The molecule has 0 aliphatic rings. The van der Waals surface area contributed by atoms with Crippen LogP contribution >= 0.6 is 0 Å². The SMILES string of the molecule is CC[S@@](=O)c1ccccc1C(=O)O[C@@H](C)c1nnc(-c2ccc([N+](=O)[O-])cc2)o1. The molecule has 1 aromatic heterocycles. The van der Waals surface area contributed by atoms with Crippen LogP contribution in [0.3, 0.4) is 0 Å². The Kier molecular flexibility index (Phi) is 6.13. The molecule has 2 atom stereocenters. The Morgan fingerprint density at radius 2 is 1.90 bits per heavy atom. The summed E-state index contributed by atoms with van der Waals surface area (Å²) in [5.41, 5.74) is 0.658. The number of rotatable bonds is 7. The van der Waals surface area contributed by atoms with E-state index < -0.39 is 27.8 Å². The number of ether oxygens (including phenoxy) is 1. The number of nitro groups is 1. The van der Waals surface area contributed by atoms with Gasteiger partial charge in [0, 0.05) is 23.4 Å².